The zero-order chi connectivity index (χ0) is 10.3. The van der Waals surface area contributed by atoms with E-state index in [1.807, 2.05) is 0 Å². The number of ketones is 1. The maximum Gasteiger partial charge on any atom is 0.129 e. The Morgan fingerprint density at radius 1 is 1.23 bits per heavy atom. The van der Waals surface area contributed by atoms with E-state index in [-0.39, 0.29) is 0 Å². The molecule has 1 N–H and O–H groups in total. The molecular weight excluding hydrogens is 162 g/mol. The molecule has 0 spiro atoms. The van der Waals surface area contributed by atoms with Crippen molar-refractivity contribution in [3.05, 3.63) is 0 Å². The molecule has 13 heavy (non-hydrogen) atoms. The van der Waals surface area contributed by atoms with E-state index in [4.69, 9.17) is 0 Å². The first-order chi connectivity index (χ1) is 6.02. The highest BCUT2D eigenvalue weighted by molar-refractivity contribution is 5.75. The standard InChI is InChI=1S/C11H23NO/c1-9(2)12-10(3)7-5-6-8-11(4)13/h9-10,12H,5-8H2,1-4H3. The molecule has 0 amide bonds. The minimum Gasteiger partial charge on any atom is -0.312 e. The van der Waals surface area contributed by atoms with Crippen molar-refractivity contribution in [1.82, 2.24) is 5.32 Å². The van der Waals surface area contributed by atoms with Crippen LogP contribution in [0.4, 0.5) is 0 Å². The number of hydrogen-bond acceptors (Lipinski definition) is 2. The number of carbonyl (C=O) groups is 1. The topological polar surface area (TPSA) is 29.1 Å². The molecule has 0 radical (unpaired) electrons. The molecule has 0 saturated heterocycles. The van der Waals surface area contributed by atoms with Gasteiger partial charge in [-0.3, -0.25) is 0 Å². The van der Waals surface area contributed by atoms with Crippen LogP contribution in [0.25, 0.3) is 0 Å². The molecule has 1 atom stereocenters. The van der Waals surface area contributed by atoms with Gasteiger partial charge in [0.25, 0.3) is 0 Å². The summed E-state index contributed by atoms with van der Waals surface area (Å²) in [5.74, 6) is 0.310. The molecule has 0 rings (SSSR count). The summed E-state index contributed by atoms with van der Waals surface area (Å²) >= 11 is 0. The molecule has 0 fully saturated rings. The summed E-state index contributed by atoms with van der Waals surface area (Å²) in [6.45, 7) is 8.18. The normalized spacial score (nSPS) is 13.3. The van der Waals surface area contributed by atoms with E-state index in [0.29, 0.717) is 17.9 Å². The smallest absolute Gasteiger partial charge is 0.129 e. The predicted molar refractivity (Wildman–Crippen MR) is 56.9 cm³/mol. The Morgan fingerprint density at radius 2 is 1.85 bits per heavy atom. The molecule has 0 aromatic heterocycles. The van der Waals surface area contributed by atoms with Crippen molar-refractivity contribution in [2.75, 3.05) is 0 Å². The van der Waals surface area contributed by atoms with Crippen LogP contribution < -0.4 is 5.32 Å². The second kappa shape index (κ2) is 7.07. The van der Waals surface area contributed by atoms with Crippen molar-refractivity contribution in [2.45, 2.75) is 65.5 Å². The molecule has 0 aromatic rings. The molecule has 0 aliphatic heterocycles. The number of Topliss-reactive ketones (excluding diaryl/α,β-unsaturated/α-hetero) is 1. The van der Waals surface area contributed by atoms with Gasteiger partial charge < -0.3 is 10.1 Å². The summed E-state index contributed by atoms with van der Waals surface area (Å²) in [4.78, 5) is 10.7. The van der Waals surface area contributed by atoms with E-state index in [9.17, 15) is 4.79 Å². The Labute approximate surface area is 82.1 Å². The lowest BCUT2D eigenvalue weighted by Gasteiger charge is -2.16. The zero-order valence-corrected chi connectivity index (χ0v) is 9.39. The van der Waals surface area contributed by atoms with Gasteiger partial charge in [-0.1, -0.05) is 20.3 Å². The van der Waals surface area contributed by atoms with Gasteiger partial charge >= 0.3 is 0 Å². The number of nitrogens with one attached hydrogen (secondary N) is 1. The van der Waals surface area contributed by atoms with Crippen LogP contribution in [-0.2, 0) is 4.79 Å². The van der Waals surface area contributed by atoms with Gasteiger partial charge in [-0.15, -0.1) is 0 Å². The quantitative estimate of drug-likeness (QED) is 0.617. The second-order valence-corrected chi connectivity index (χ2v) is 4.17. The van der Waals surface area contributed by atoms with Crippen LogP contribution >= 0.6 is 0 Å². The van der Waals surface area contributed by atoms with Gasteiger partial charge in [-0.2, -0.15) is 0 Å². The van der Waals surface area contributed by atoms with E-state index in [2.05, 4.69) is 26.1 Å². The minimum atomic E-state index is 0.310. The van der Waals surface area contributed by atoms with Crippen LogP contribution in [0.3, 0.4) is 0 Å². The van der Waals surface area contributed by atoms with Crippen molar-refractivity contribution >= 4 is 5.78 Å². The first-order valence-electron chi connectivity index (χ1n) is 5.28. The Bertz CT molecular complexity index is 143. The van der Waals surface area contributed by atoms with E-state index >= 15 is 0 Å². The number of unbranched alkanes of at least 4 members (excludes halogenated alkanes) is 1. The number of hydrogen-bond donors (Lipinski definition) is 1. The van der Waals surface area contributed by atoms with Crippen LogP contribution in [-0.4, -0.2) is 17.9 Å². The van der Waals surface area contributed by atoms with Crippen LogP contribution in [0.15, 0.2) is 0 Å². The third-order valence-electron chi connectivity index (χ3n) is 2.03. The lowest BCUT2D eigenvalue weighted by molar-refractivity contribution is -0.117. The third kappa shape index (κ3) is 9.54. The molecule has 0 bridgehead atoms. The van der Waals surface area contributed by atoms with Crippen molar-refractivity contribution in [3.63, 3.8) is 0 Å². The molecule has 0 aromatic carbocycles. The highest BCUT2D eigenvalue weighted by Crippen LogP contribution is 2.04. The van der Waals surface area contributed by atoms with Crippen molar-refractivity contribution in [3.8, 4) is 0 Å². The van der Waals surface area contributed by atoms with E-state index < -0.39 is 0 Å². The molecule has 2 heteroatoms. The summed E-state index contributed by atoms with van der Waals surface area (Å²) in [6.07, 6.45) is 4.11. The average molecular weight is 185 g/mol. The predicted octanol–water partition coefficient (Wildman–Crippen LogP) is 2.52. The van der Waals surface area contributed by atoms with E-state index in [1.54, 1.807) is 6.92 Å². The highest BCUT2D eigenvalue weighted by Gasteiger charge is 2.02. The second-order valence-electron chi connectivity index (χ2n) is 4.17. The van der Waals surface area contributed by atoms with Gasteiger partial charge in [0, 0.05) is 18.5 Å². The number of rotatable bonds is 7. The largest absolute Gasteiger partial charge is 0.312 e. The fourth-order valence-corrected chi connectivity index (χ4v) is 1.48. The fourth-order valence-electron chi connectivity index (χ4n) is 1.48. The van der Waals surface area contributed by atoms with E-state index in [1.165, 1.54) is 6.42 Å². The average Bonchev–Trinajstić information content (AvgIpc) is 1.96. The molecule has 2 nitrogen and oxygen atoms in total. The fraction of sp³-hybridized carbons (Fsp3) is 0.909. The molecule has 1 unspecified atom stereocenters. The van der Waals surface area contributed by atoms with Gasteiger partial charge in [0.05, 0.1) is 0 Å². The van der Waals surface area contributed by atoms with Crippen molar-refractivity contribution in [2.24, 2.45) is 0 Å². The van der Waals surface area contributed by atoms with Gasteiger partial charge in [-0.05, 0) is 26.7 Å². The third-order valence-corrected chi connectivity index (χ3v) is 2.03. The van der Waals surface area contributed by atoms with Crippen LogP contribution in [0.1, 0.15) is 53.4 Å². The molecule has 0 heterocycles. The number of carbonyl (C=O) groups excluding carboxylic acids is 1. The first-order valence-corrected chi connectivity index (χ1v) is 5.28. The molecular formula is C11H23NO. The summed E-state index contributed by atoms with van der Waals surface area (Å²) < 4.78 is 0. The monoisotopic (exact) mass is 185 g/mol. The Balaban J connectivity index is 3.26. The summed E-state index contributed by atoms with van der Waals surface area (Å²) in [5.41, 5.74) is 0. The van der Waals surface area contributed by atoms with E-state index in [0.717, 1.165) is 19.3 Å². The highest BCUT2D eigenvalue weighted by atomic mass is 16.1. The first kappa shape index (κ1) is 12.6. The van der Waals surface area contributed by atoms with Crippen LogP contribution in [0.5, 0.6) is 0 Å². The maximum absolute atomic E-state index is 10.7. The summed E-state index contributed by atoms with van der Waals surface area (Å²) in [5, 5.41) is 3.45. The SMILES string of the molecule is CC(=O)CCCCC(C)NC(C)C. The van der Waals surface area contributed by atoms with Crippen LogP contribution in [0, 0.1) is 0 Å². The Hall–Kier alpha value is -0.370. The molecule has 0 saturated carbocycles. The Kier molecular flexibility index (Phi) is 6.87. The summed E-state index contributed by atoms with van der Waals surface area (Å²) in [7, 11) is 0. The van der Waals surface area contributed by atoms with Gasteiger partial charge in [-0.25, -0.2) is 0 Å². The van der Waals surface area contributed by atoms with Gasteiger partial charge in [0.1, 0.15) is 5.78 Å². The minimum absolute atomic E-state index is 0.310. The van der Waals surface area contributed by atoms with Gasteiger partial charge in [0.15, 0.2) is 0 Å². The molecule has 0 aliphatic rings. The van der Waals surface area contributed by atoms with Crippen LogP contribution in [0.2, 0.25) is 0 Å². The van der Waals surface area contributed by atoms with Crippen molar-refractivity contribution in [1.29, 1.82) is 0 Å². The van der Waals surface area contributed by atoms with Gasteiger partial charge in [0.2, 0.25) is 0 Å². The summed E-state index contributed by atoms with van der Waals surface area (Å²) in [6, 6.07) is 1.13. The van der Waals surface area contributed by atoms with Crippen molar-refractivity contribution < 1.29 is 4.79 Å². The lowest BCUT2D eigenvalue weighted by Crippen LogP contribution is -2.32. The zero-order valence-electron chi connectivity index (χ0n) is 9.39. The molecule has 0 aliphatic carbocycles. The lowest BCUT2D eigenvalue weighted by atomic mass is 10.1. The molecule has 78 valence electrons. The Morgan fingerprint density at radius 3 is 2.31 bits per heavy atom. The maximum atomic E-state index is 10.7.